The van der Waals surface area contributed by atoms with Crippen LogP contribution in [0.25, 0.3) is 0 Å². The van der Waals surface area contributed by atoms with E-state index in [4.69, 9.17) is 0 Å². The highest BCUT2D eigenvalue weighted by atomic mass is 79.9. The molecule has 0 saturated carbocycles. The van der Waals surface area contributed by atoms with Crippen molar-refractivity contribution in [3.63, 3.8) is 0 Å². The standard InChI is InChI=1S/C6H11BrO2/c1-2-3-5(7)4-6(8)9/h5H,2-4H2,1H3,(H,8,9)/p-1. The van der Waals surface area contributed by atoms with Gasteiger partial charge < -0.3 is 9.90 Å². The third kappa shape index (κ3) is 5.83. The van der Waals surface area contributed by atoms with Crippen molar-refractivity contribution in [1.29, 1.82) is 0 Å². The number of carbonyl (C=O) groups is 1. The fourth-order valence-electron chi connectivity index (χ4n) is 0.596. The fraction of sp³-hybridized carbons (Fsp3) is 0.833. The zero-order valence-electron chi connectivity index (χ0n) is 5.39. The number of alkyl halides is 1. The second kappa shape index (κ2) is 4.79. The Hall–Kier alpha value is -0.0500. The smallest absolute Gasteiger partial charge is 0.0425 e. The zero-order valence-corrected chi connectivity index (χ0v) is 6.98. The van der Waals surface area contributed by atoms with Gasteiger partial charge >= 0.3 is 0 Å². The van der Waals surface area contributed by atoms with Crippen LogP contribution in [0.2, 0.25) is 0 Å². The number of hydrogen-bond donors (Lipinski definition) is 0. The van der Waals surface area contributed by atoms with Gasteiger partial charge in [0.25, 0.3) is 0 Å². The van der Waals surface area contributed by atoms with Crippen molar-refractivity contribution in [2.24, 2.45) is 0 Å². The second-order valence-electron chi connectivity index (χ2n) is 1.96. The van der Waals surface area contributed by atoms with Crippen LogP contribution in [0.1, 0.15) is 26.2 Å². The van der Waals surface area contributed by atoms with Crippen LogP contribution in [0, 0.1) is 0 Å². The van der Waals surface area contributed by atoms with Gasteiger partial charge in [0.2, 0.25) is 0 Å². The summed E-state index contributed by atoms with van der Waals surface area (Å²) in [5.41, 5.74) is 0. The van der Waals surface area contributed by atoms with Gasteiger partial charge in [0.05, 0.1) is 0 Å². The van der Waals surface area contributed by atoms with Gasteiger partial charge in [-0.05, 0) is 12.8 Å². The first kappa shape index (κ1) is 8.95. The molecule has 0 aromatic carbocycles. The minimum atomic E-state index is -0.981. The molecule has 0 radical (unpaired) electrons. The van der Waals surface area contributed by atoms with Crippen LogP contribution in [0.5, 0.6) is 0 Å². The van der Waals surface area contributed by atoms with Crippen LogP contribution < -0.4 is 5.11 Å². The molecule has 1 atom stereocenters. The molecule has 0 aliphatic heterocycles. The van der Waals surface area contributed by atoms with Gasteiger partial charge in [-0.1, -0.05) is 29.3 Å². The topological polar surface area (TPSA) is 40.1 Å². The summed E-state index contributed by atoms with van der Waals surface area (Å²) in [6, 6.07) is 0. The summed E-state index contributed by atoms with van der Waals surface area (Å²) in [7, 11) is 0. The first-order valence-corrected chi connectivity index (χ1v) is 3.92. The van der Waals surface area contributed by atoms with Gasteiger partial charge in [0.1, 0.15) is 0 Å². The number of carboxylic acids is 1. The van der Waals surface area contributed by atoms with E-state index in [1.54, 1.807) is 0 Å². The Kier molecular flexibility index (Phi) is 4.77. The van der Waals surface area contributed by atoms with Crippen molar-refractivity contribution in [1.82, 2.24) is 0 Å². The van der Waals surface area contributed by atoms with Crippen LogP contribution in [-0.2, 0) is 4.79 Å². The van der Waals surface area contributed by atoms with Crippen LogP contribution >= 0.6 is 15.9 Å². The monoisotopic (exact) mass is 193 g/mol. The number of carbonyl (C=O) groups excluding carboxylic acids is 1. The molecule has 0 aliphatic carbocycles. The highest BCUT2D eigenvalue weighted by molar-refractivity contribution is 9.09. The van der Waals surface area contributed by atoms with Gasteiger partial charge in [-0.15, -0.1) is 0 Å². The summed E-state index contributed by atoms with van der Waals surface area (Å²) in [6.45, 7) is 2.02. The van der Waals surface area contributed by atoms with Crippen molar-refractivity contribution < 1.29 is 9.90 Å². The summed E-state index contributed by atoms with van der Waals surface area (Å²) in [5.74, 6) is -0.981. The summed E-state index contributed by atoms with van der Waals surface area (Å²) < 4.78 is 0. The molecular weight excluding hydrogens is 184 g/mol. The molecule has 2 nitrogen and oxygen atoms in total. The van der Waals surface area contributed by atoms with E-state index in [-0.39, 0.29) is 11.2 Å². The van der Waals surface area contributed by atoms with Gasteiger partial charge in [-0.3, -0.25) is 0 Å². The number of aliphatic carboxylic acids is 1. The summed E-state index contributed by atoms with van der Waals surface area (Å²) in [5, 5.41) is 9.94. The number of halogens is 1. The Morgan fingerprint density at radius 2 is 2.33 bits per heavy atom. The largest absolute Gasteiger partial charge is 0.550 e. The molecule has 0 aromatic rings. The predicted molar refractivity (Wildman–Crippen MR) is 37.2 cm³/mol. The molecule has 0 saturated heterocycles. The van der Waals surface area contributed by atoms with E-state index in [1.807, 2.05) is 6.92 Å². The van der Waals surface area contributed by atoms with Crippen molar-refractivity contribution >= 4 is 21.9 Å². The van der Waals surface area contributed by atoms with Crippen molar-refractivity contribution in [3.05, 3.63) is 0 Å². The third-order valence-corrected chi connectivity index (χ3v) is 1.77. The predicted octanol–water partition coefficient (Wildman–Crippen LogP) is 0.690. The average Bonchev–Trinajstić information content (AvgIpc) is 1.63. The lowest BCUT2D eigenvalue weighted by Crippen LogP contribution is -2.25. The molecule has 0 spiro atoms. The summed E-state index contributed by atoms with van der Waals surface area (Å²) in [4.78, 5) is 10.0. The molecule has 0 rings (SSSR count). The fourth-order valence-corrected chi connectivity index (χ4v) is 1.32. The molecule has 0 amide bonds. The first-order chi connectivity index (χ1) is 4.16. The normalized spacial score (nSPS) is 13.1. The van der Waals surface area contributed by atoms with Crippen LogP contribution in [0.15, 0.2) is 0 Å². The Labute approximate surface area is 63.4 Å². The van der Waals surface area contributed by atoms with Crippen LogP contribution in [0.3, 0.4) is 0 Å². The molecule has 1 unspecified atom stereocenters. The van der Waals surface area contributed by atoms with E-state index < -0.39 is 5.97 Å². The van der Waals surface area contributed by atoms with Crippen molar-refractivity contribution in [3.8, 4) is 0 Å². The minimum Gasteiger partial charge on any atom is -0.550 e. The Morgan fingerprint density at radius 1 is 1.78 bits per heavy atom. The lowest BCUT2D eigenvalue weighted by atomic mass is 10.2. The lowest BCUT2D eigenvalue weighted by molar-refractivity contribution is -0.305. The van der Waals surface area contributed by atoms with Crippen LogP contribution in [-0.4, -0.2) is 10.8 Å². The molecule has 9 heavy (non-hydrogen) atoms. The SMILES string of the molecule is CCCC(Br)CC(=O)[O-]. The quantitative estimate of drug-likeness (QED) is 0.617. The second-order valence-corrected chi connectivity index (χ2v) is 3.26. The van der Waals surface area contributed by atoms with E-state index in [9.17, 15) is 9.90 Å². The summed E-state index contributed by atoms with van der Waals surface area (Å²) in [6.07, 6.45) is 2.02. The van der Waals surface area contributed by atoms with Crippen molar-refractivity contribution in [2.75, 3.05) is 0 Å². The number of hydrogen-bond acceptors (Lipinski definition) is 2. The molecule has 3 heteroatoms. The molecule has 0 bridgehead atoms. The molecule has 0 aromatic heterocycles. The maximum Gasteiger partial charge on any atom is 0.0425 e. The van der Waals surface area contributed by atoms with Crippen molar-refractivity contribution in [2.45, 2.75) is 31.0 Å². The maximum atomic E-state index is 9.94. The maximum absolute atomic E-state index is 9.94. The van der Waals surface area contributed by atoms with E-state index in [0.717, 1.165) is 12.8 Å². The molecule has 0 heterocycles. The van der Waals surface area contributed by atoms with Gasteiger partial charge in [-0.25, -0.2) is 0 Å². The molecular formula is C6H10BrO2-. The van der Waals surface area contributed by atoms with Gasteiger partial charge in [0.15, 0.2) is 0 Å². The number of carboxylic acid groups (broad SMARTS) is 1. The third-order valence-electron chi connectivity index (χ3n) is 0.990. The van der Waals surface area contributed by atoms with E-state index >= 15 is 0 Å². The first-order valence-electron chi connectivity index (χ1n) is 3.00. The highest BCUT2D eigenvalue weighted by Gasteiger charge is 2.00. The molecule has 54 valence electrons. The Bertz CT molecular complexity index is 93.1. The van der Waals surface area contributed by atoms with E-state index in [2.05, 4.69) is 15.9 Å². The van der Waals surface area contributed by atoms with E-state index in [0.29, 0.717) is 0 Å². The van der Waals surface area contributed by atoms with E-state index in [1.165, 1.54) is 0 Å². The average molecular weight is 194 g/mol. The van der Waals surface area contributed by atoms with Gasteiger partial charge in [0, 0.05) is 10.8 Å². The Balaban J connectivity index is 3.26. The number of rotatable bonds is 4. The Morgan fingerprint density at radius 3 is 2.67 bits per heavy atom. The van der Waals surface area contributed by atoms with Gasteiger partial charge in [-0.2, -0.15) is 0 Å². The molecule has 0 fully saturated rings. The van der Waals surface area contributed by atoms with Crippen LogP contribution in [0.4, 0.5) is 0 Å². The highest BCUT2D eigenvalue weighted by Crippen LogP contribution is 2.10. The lowest BCUT2D eigenvalue weighted by Gasteiger charge is -2.07. The zero-order chi connectivity index (χ0) is 7.28. The molecule has 0 N–H and O–H groups in total. The molecule has 0 aliphatic rings. The minimum absolute atomic E-state index is 0.0903. The summed E-state index contributed by atoms with van der Waals surface area (Å²) >= 11 is 3.22.